The largest absolute Gasteiger partial charge is 0.393 e. The Balaban J connectivity index is 1.59. The average Bonchev–Trinajstić information content (AvgIpc) is 2.82. The summed E-state index contributed by atoms with van der Waals surface area (Å²) >= 11 is 0. The van der Waals surface area contributed by atoms with Gasteiger partial charge in [0.15, 0.2) is 0 Å². The van der Waals surface area contributed by atoms with Crippen molar-refractivity contribution in [2.45, 2.75) is 70.0 Å². The van der Waals surface area contributed by atoms with Crippen LogP contribution in [-0.4, -0.2) is 34.9 Å². The van der Waals surface area contributed by atoms with E-state index in [0.29, 0.717) is 12.5 Å². The van der Waals surface area contributed by atoms with Crippen LogP contribution in [0, 0.1) is 11.8 Å². The normalized spacial score (nSPS) is 35.3. The molecular weight excluding hydrogens is 242 g/mol. The van der Waals surface area contributed by atoms with E-state index in [1.807, 2.05) is 0 Å². The lowest BCUT2D eigenvalue weighted by Crippen LogP contribution is -2.35. The SMILES string of the molecule is O=C(NCCCC1CCCCC1O)C1CCCC1O. The number of hydrogen-bond donors (Lipinski definition) is 3. The van der Waals surface area contributed by atoms with Crippen LogP contribution in [0.4, 0.5) is 0 Å². The molecule has 1 amide bonds. The molecule has 2 aliphatic rings. The van der Waals surface area contributed by atoms with Crippen LogP contribution in [0.25, 0.3) is 0 Å². The topological polar surface area (TPSA) is 69.6 Å². The molecular formula is C15H27NO3. The van der Waals surface area contributed by atoms with E-state index < -0.39 is 6.10 Å². The molecule has 0 bridgehead atoms. The molecule has 4 atom stereocenters. The third kappa shape index (κ3) is 4.18. The first-order valence-corrected chi connectivity index (χ1v) is 7.82. The van der Waals surface area contributed by atoms with Gasteiger partial charge in [-0.25, -0.2) is 0 Å². The van der Waals surface area contributed by atoms with Crippen LogP contribution in [-0.2, 0) is 4.79 Å². The van der Waals surface area contributed by atoms with E-state index in [2.05, 4.69) is 5.32 Å². The number of carbonyl (C=O) groups excluding carboxylic acids is 1. The summed E-state index contributed by atoms with van der Waals surface area (Å²) in [6, 6.07) is 0. The molecule has 2 saturated carbocycles. The van der Waals surface area contributed by atoms with Crippen molar-refractivity contribution in [2.24, 2.45) is 11.8 Å². The Morgan fingerprint density at radius 2 is 1.74 bits per heavy atom. The molecule has 0 aromatic carbocycles. The summed E-state index contributed by atoms with van der Waals surface area (Å²) in [6.45, 7) is 0.672. The third-order valence-corrected chi connectivity index (χ3v) is 4.74. The van der Waals surface area contributed by atoms with E-state index in [1.54, 1.807) is 0 Å². The summed E-state index contributed by atoms with van der Waals surface area (Å²) in [6.07, 6.45) is 8.29. The maximum absolute atomic E-state index is 11.9. The van der Waals surface area contributed by atoms with E-state index in [-0.39, 0.29) is 17.9 Å². The highest BCUT2D eigenvalue weighted by Crippen LogP contribution is 2.28. The van der Waals surface area contributed by atoms with Gasteiger partial charge in [-0.05, 0) is 50.9 Å². The van der Waals surface area contributed by atoms with Crippen molar-refractivity contribution < 1.29 is 15.0 Å². The van der Waals surface area contributed by atoms with Crippen LogP contribution in [0.1, 0.15) is 57.8 Å². The van der Waals surface area contributed by atoms with Gasteiger partial charge < -0.3 is 15.5 Å². The monoisotopic (exact) mass is 269 g/mol. The molecule has 4 unspecified atom stereocenters. The summed E-state index contributed by atoms with van der Waals surface area (Å²) in [5.41, 5.74) is 0. The van der Waals surface area contributed by atoms with E-state index in [1.165, 1.54) is 6.42 Å². The van der Waals surface area contributed by atoms with Gasteiger partial charge in [-0.15, -0.1) is 0 Å². The Hall–Kier alpha value is -0.610. The van der Waals surface area contributed by atoms with E-state index in [9.17, 15) is 15.0 Å². The minimum absolute atomic E-state index is 0.00851. The summed E-state index contributed by atoms with van der Waals surface area (Å²) < 4.78 is 0. The zero-order valence-electron chi connectivity index (χ0n) is 11.7. The van der Waals surface area contributed by atoms with Crippen molar-refractivity contribution in [2.75, 3.05) is 6.54 Å². The smallest absolute Gasteiger partial charge is 0.225 e. The van der Waals surface area contributed by atoms with Gasteiger partial charge >= 0.3 is 0 Å². The van der Waals surface area contributed by atoms with Gasteiger partial charge in [0.2, 0.25) is 5.91 Å². The van der Waals surface area contributed by atoms with Crippen molar-refractivity contribution in [3.05, 3.63) is 0 Å². The van der Waals surface area contributed by atoms with Gasteiger partial charge in [0.1, 0.15) is 0 Å². The second-order valence-corrected chi connectivity index (χ2v) is 6.15. The quantitative estimate of drug-likeness (QED) is 0.664. The summed E-state index contributed by atoms with van der Waals surface area (Å²) in [5, 5.41) is 22.5. The molecule has 4 nitrogen and oxygen atoms in total. The molecule has 2 aliphatic carbocycles. The average molecular weight is 269 g/mol. The van der Waals surface area contributed by atoms with Gasteiger partial charge in [0.25, 0.3) is 0 Å². The number of aliphatic hydroxyl groups excluding tert-OH is 2. The van der Waals surface area contributed by atoms with Crippen LogP contribution in [0.15, 0.2) is 0 Å². The van der Waals surface area contributed by atoms with Crippen LogP contribution >= 0.6 is 0 Å². The Kier molecular flexibility index (Phi) is 5.64. The minimum Gasteiger partial charge on any atom is -0.393 e. The van der Waals surface area contributed by atoms with Crippen molar-refractivity contribution >= 4 is 5.91 Å². The standard InChI is InChI=1S/C15H27NO3/c17-13-8-2-1-5-11(13)6-4-10-16-15(19)12-7-3-9-14(12)18/h11-14,17-18H,1-10H2,(H,16,19). The van der Waals surface area contributed by atoms with Gasteiger partial charge in [-0.3, -0.25) is 4.79 Å². The second-order valence-electron chi connectivity index (χ2n) is 6.15. The Morgan fingerprint density at radius 3 is 2.42 bits per heavy atom. The molecule has 0 radical (unpaired) electrons. The number of amides is 1. The number of nitrogens with one attached hydrogen (secondary N) is 1. The lowest BCUT2D eigenvalue weighted by atomic mass is 9.83. The molecule has 3 N–H and O–H groups in total. The van der Waals surface area contributed by atoms with Gasteiger partial charge in [-0.2, -0.15) is 0 Å². The van der Waals surface area contributed by atoms with Crippen molar-refractivity contribution in [3.63, 3.8) is 0 Å². The number of hydrogen-bond acceptors (Lipinski definition) is 3. The molecule has 0 aromatic rings. The van der Waals surface area contributed by atoms with Gasteiger partial charge in [-0.1, -0.05) is 12.8 Å². The first kappa shape index (κ1) is 14.8. The number of rotatable bonds is 5. The van der Waals surface area contributed by atoms with Crippen LogP contribution in [0.2, 0.25) is 0 Å². The predicted molar refractivity (Wildman–Crippen MR) is 73.6 cm³/mol. The van der Waals surface area contributed by atoms with Crippen LogP contribution in [0.5, 0.6) is 0 Å². The highest BCUT2D eigenvalue weighted by molar-refractivity contribution is 5.79. The molecule has 19 heavy (non-hydrogen) atoms. The molecule has 0 aliphatic heterocycles. The third-order valence-electron chi connectivity index (χ3n) is 4.74. The van der Waals surface area contributed by atoms with Crippen molar-refractivity contribution in [1.29, 1.82) is 0 Å². The Labute approximate surface area is 115 Å². The zero-order valence-corrected chi connectivity index (χ0v) is 11.7. The molecule has 2 rings (SSSR count). The fourth-order valence-electron chi connectivity index (χ4n) is 3.48. The van der Waals surface area contributed by atoms with Crippen molar-refractivity contribution in [1.82, 2.24) is 5.32 Å². The molecule has 0 saturated heterocycles. The summed E-state index contributed by atoms with van der Waals surface area (Å²) in [7, 11) is 0. The first-order valence-electron chi connectivity index (χ1n) is 7.82. The van der Waals surface area contributed by atoms with Crippen LogP contribution in [0.3, 0.4) is 0 Å². The molecule has 0 spiro atoms. The Bertz CT molecular complexity index is 295. The highest BCUT2D eigenvalue weighted by Gasteiger charge is 2.31. The van der Waals surface area contributed by atoms with E-state index in [0.717, 1.165) is 51.4 Å². The van der Waals surface area contributed by atoms with E-state index in [4.69, 9.17) is 0 Å². The fraction of sp³-hybridized carbons (Fsp3) is 0.933. The Morgan fingerprint density at radius 1 is 1.00 bits per heavy atom. The van der Waals surface area contributed by atoms with Crippen molar-refractivity contribution in [3.8, 4) is 0 Å². The zero-order chi connectivity index (χ0) is 13.7. The summed E-state index contributed by atoms with van der Waals surface area (Å²) in [5.74, 6) is 0.234. The minimum atomic E-state index is -0.444. The van der Waals surface area contributed by atoms with E-state index >= 15 is 0 Å². The lowest BCUT2D eigenvalue weighted by molar-refractivity contribution is -0.127. The maximum atomic E-state index is 11.9. The molecule has 0 heterocycles. The maximum Gasteiger partial charge on any atom is 0.225 e. The molecule has 2 fully saturated rings. The fourth-order valence-corrected chi connectivity index (χ4v) is 3.48. The van der Waals surface area contributed by atoms with Gasteiger partial charge in [0, 0.05) is 6.54 Å². The summed E-state index contributed by atoms with van der Waals surface area (Å²) in [4.78, 5) is 11.9. The second kappa shape index (κ2) is 7.25. The molecule has 110 valence electrons. The number of carbonyl (C=O) groups is 1. The van der Waals surface area contributed by atoms with Gasteiger partial charge in [0.05, 0.1) is 18.1 Å². The predicted octanol–water partition coefficient (Wildman–Crippen LogP) is 1.59. The molecule has 4 heteroatoms. The lowest BCUT2D eigenvalue weighted by Gasteiger charge is -2.27. The highest BCUT2D eigenvalue weighted by atomic mass is 16.3. The first-order chi connectivity index (χ1) is 9.18. The van der Waals surface area contributed by atoms with Crippen LogP contribution < -0.4 is 5.32 Å². The molecule has 0 aromatic heterocycles. The number of aliphatic hydroxyl groups is 2.